The van der Waals surface area contributed by atoms with E-state index in [2.05, 4.69) is 10.6 Å². The zero-order valence-corrected chi connectivity index (χ0v) is 17.3. The molecular weight excluding hydrogens is 397 g/mol. The van der Waals surface area contributed by atoms with Gasteiger partial charge in [0.15, 0.2) is 0 Å². The van der Waals surface area contributed by atoms with Gasteiger partial charge in [-0.15, -0.1) is 0 Å². The summed E-state index contributed by atoms with van der Waals surface area (Å²) >= 11 is 0. The number of amides is 3. The molecule has 4 rings (SSSR count). The molecule has 162 valence electrons. The number of nitrogens with one attached hydrogen (secondary N) is 2. The Kier molecular flexibility index (Phi) is 6.30. The predicted molar refractivity (Wildman–Crippen MR) is 115 cm³/mol. The molecule has 0 unspecified atom stereocenters. The first-order valence-corrected chi connectivity index (χ1v) is 10.7. The summed E-state index contributed by atoms with van der Waals surface area (Å²) in [6, 6.07) is 13.0. The molecule has 7 heteroatoms. The molecule has 1 saturated heterocycles. The number of anilines is 1. The third-order valence-corrected chi connectivity index (χ3v) is 5.74. The number of hydrogen-bond donors (Lipinski definition) is 2. The first kappa shape index (κ1) is 21.0. The normalized spacial score (nSPS) is 18.4. The van der Waals surface area contributed by atoms with E-state index in [-0.39, 0.29) is 35.9 Å². The number of piperidine rings is 1. The number of carbonyl (C=O) groups excluding carboxylic acids is 3. The average Bonchev–Trinajstić information content (AvgIpc) is 3.60. The summed E-state index contributed by atoms with van der Waals surface area (Å²) in [4.78, 5) is 39.1. The van der Waals surface area contributed by atoms with Crippen molar-refractivity contribution in [2.24, 2.45) is 5.92 Å². The quantitative estimate of drug-likeness (QED) is 0.749. The molecule has 0 radical (unpaired) electrons. The summed E-state index contributed by atoms with van der Waals surface area (Å²) in [5.74, 6) is -0.904. The van der Waals surface area contributed by atoms with Gasteiger partial charge in [0.05, 0.1) is 12.3 Å². The SMILES string of the molecule is O=C(NC1CC1)c1ccc(NC(=O)[C@@H]2CCCN(C(=O)Cc3ccc(F)cc3)C2)cc1. The van der Waals surface area contributed by atoms with E-state index < -0.39 is 0 Å². The van der Waals surface area contributed by atoms with Gasteiger partial charge in [-0.1, -0.05) is 12.1 Å². The third kappa shape index (κ3) is 5.69. The van der Waals surface area contributed by atoms with Crippen molar-refractivity contribution >= 4 is 23.4 Å². The fraction of sp³-hybridized carbons (Fsp3) is 0.375. The molecule has 3 amide bonds. The molecule has 2 aromatic rings. The zero-order chi connectivity index (χ0) is 21.8. The van der Waals surface area contributed by atoms with E-state index in [1.165, 1.54) is 12.1 Å². The van der Waals surface area contributed by atoms with Crippen molar-refractivity contribution in [2.75, 3.05) is 18.4 Å². The van der Waals surface area contributed by atoms with Gasteiger partial charge in [0.1, 0.15) is 5.82 Å². The van der Waals surface area contributed by atoms with Gasteiger partial charge in [-0.2, -0.15) is 0 Å². The molecule has 1 aliphatic heterocycles. The number of carbonyl (C=O) groups is 3. The lowest BCUT2D eigenvalue weighted by molar-refractivity contribution is -0.133. The molecule has 31 heavy (non-hydrogen) atoms. The standard InChI is InChI=1S/C24H26FN3O3/c25-19-7-3-16(4-8-19)14-22(29)28-13-1-2-18(15-28)24(31)27-20-9-5-17(6-10-20)23(30)26-21-11-12-21/h3-10,18,21H,1-2,11-15H2,(H,26,30)(H,27,31)/t18-/m1/s1. The molecule has 2 aliphatic rings. The number of hydrogen-bond acceptors (Lipinski definition) is 3. The summed E-state index contributed by atoms with van der Waals surface area (Å²) in [5, 5.41) is 5.83. The monoisotopic (exact) mass is 423 g/mol. The second kappa shape index (κ2) is 9.29. The summed E-state index contributed by atoms with van der Waals surface area (Å²) in [7, 11) is 0. The number of rotatable bonds is 6. The van der Waals surface area contributed by atoms with Crippen molar-refractivity contribution in [3.05, 3.63) is 65.5 Å². The molecule has 0 spiro atoms. The van der Waals surface area contributed by atoms with Crippen molar-refractivity contribution < 1.29 is 18.8 Å². The Morgan fingerprint density at radius 3 is 2.35 bits per heavy atom. The van der Waals surface area contributed by atoms with Crippen LogP contribution in [-0.2, 0) is 16.0 Å². The van der Waals surface area contributed by atoms with Gasteiger partial charge in [0, 0.05) is 30.4 Å². The van der Waals surface area contributed by atoms with Crippen LogP contribution in [0, 0.1) is 11.7 Å². The second-order valence-electron chi connectivity index (χ2n) is 8.30. The fourth-order valence-corrected chi connectivity index (χ4v) is 3.75. The molecule has 2 fully saturated rings. The van der Waals surface area contributed by atoms with Crippen LogP contribution in [0.3, 0.4) is 0 Å². The summed E-state index contributed by atoms with van der Waals surface area (Å²) in [5.41, 5.74) is 1.95. The maximum absolute atomic E-state index is 13.1. The van der Waals surface area contributed by atoms with Crippen LogP contribution >= 0.6 is 0 Å². The van der Waals surface area contributed by atoms with Crippen molar-refractivity contribution in [2.45, 2.75) is 38.1 Å². The zero-order valence-electron chi connectivity index (χ0n) is 17.3. The van der Waals surface area contributed by atoms with Crippen LogP contribution < -0.4 is 10.6 Å². The van der Waals surface area contributed by atoms with Crippen molar-refractivity contribution in [3.8, 4) is 0 Å². The van der Waals surface area contributed by atoms with E-state index in [4.69, 9.17) is 0 Å². The van der Waals surface area contributed by atoms with Crippen LogP contribution in [0.2, 0.25) is 0 Å². The van der Waals surface area contributed by atoms with E-state index in [9.17, 15) is 18.8 Å². The Labute approximate surface area is 180 Å². The largest absolute Gasteiger partial charge is 0.349 e. The van der Waals surface area contributed by atoms with Crippen LogP contribution in [-0.4, -0.2) is 41.8 Å². The minimum absolute atomic E-state index is 0.0601. The molecule has 2 N–H and O–H groups in total. The number of halogens is 1. The van der Waals surface area contributed by atoms with Gasteiger partial charge >= 0.3 is 0 Å². The Morgan fingerprint density at radius 2 is 1.68 bits per heavy atom. The second-order valence-corrected chi connectivity index (χ2v) is 8.30. The van der Waals surface area contributed by atoms with Gasteiger partial charge in [-0.05, 0) is 67.6 Å². The highest BCUT2D eigenvalue weighted by atomic mass is 19.1. The summed E-state index contributed by atoms with van der Waals surface area (Å²) < 4.78 is 13.1. The van der Waals surface area contributed by atoms with Crippen LogP contribution in [0.4, 0.5) is 10.1 Å². The molecule has 1 heterocycles. The fourth-order valence-electron chi connectivity index (χ4n) is 3.75. The molecule has 1 atom stereocenters. The first-order valence-electron chi connectivity index (χ1n) is 10.7. The minimum Gasteiger partial charge on any atom is -0.349 e. The third-order valence-electron chi connectivity index (χ3n) is 5.74. The average molecular weight is 423 g/mol. The van der Waals surface area contributed by atoms with E-state index >= 15 is 0 Å². The smallest absolute Gasteiger partial charge is 0.251 e. The lowest BCUT2D eigenvalue weighted by Gasteiger charge is -2.32. The molecule has 1 aliphatic carbocycles. The highest BCUT2D eigenvalue weighted by Gasteiger charge is 2.28. The first-order chi connectivity index (χ1) is 15.0. The highest BCUT2D eigenvalue weighted by Crippen LogP contribution is 2.21. The minimum atomic E-state index is -0.331. The summed E-state index contributed by atoms with van der Waals surface area (Å²) in [6.07, 6.45) is 3.73. The van der Waals surface area contributed by atoms with Crippen LogP contribution in [0.25, 0.3) is 0 Å². The van der Waals surface area contributed by atoms with Crippen molar-refractivity contribution in [1.82, 2.24) is 10.2 Å². The molecule has 0 aromatic heterocycles. The van der Waals surface area contributed by atoms with Gasteiger partial charge < -0.3 is 15.5 Å². The lowest BCUT2D eigenvalue weighted by atomic mass is 9.96. The maximum Gasteiger partial charge on any atom is 0.251 e. The molecule has 1 saturated carbocycles. The summed E-state index contributed by atoms with van der Waals surface area (Å²) in [6.45, 7) is 0.988. The Hall–Kier alpha value is -3.22. The van der Waals surface area contributed by atoms with Crippen LogP contribution in [0.1, 0.15) is 41.6 Å². The van der Waals surface area contributed by atoms with Gasteiger partial charge in [-0.25, -0.2) is 4.39 Å². The van der Waals surface area contributed by atoms with E-state index in [1.807, 2.05) is 0 Å². The predicted octanol–water partition coefficient (Wildman–Crippen LogP) is 3.14. The Bertz CT molecular complexity index is 955. The maximum atomic E-state index is 13.1. The molecular formula is C24H26FN3O3. The van der Waals surface area contributed by atoms with E-state index in [1.54, 1.807) is 41.3 Å². The lowest BCUT2D eigenvalue weighted by Crippen LogP contribution is -2.44. The topological polar surface area (TPSA) is 78.5 Å². The van der Waals surface area contributed by atoms with E-state index in [0.717, 1.165) is 24.8 Å². The van der Waals surface area contributed by atoms with Crippen molar-refractivity contribution in [1.29, 1.82) is 0 Å². The van der Waals surface area contributed by atoms with Gasteiger partial charge in [-0.3, -0.25) is 14.4 Å². The van der Waals surface area contributed by atoms with Crippen LogP contribution in [0.5, 0.6) is 0 Å². The van der Waals surface area contributed by atoms with Crippen molar-refractivity contribution in [3.63, 3.8) is 0 Å². The van der Waals surface area contributed by atoms with Gasteiger partial charge in [0.2, 0.25) is 11.8 Å². The molecule has 6 nitrogen and oxygen atoms in total. The van der Waals surface area contributed by atoms with Crippen LogP contribution in [0.15, 0.2) is 48.5 Å². The van der Waals surface area contributed by atoms with E-state index in [0.29, 0.717) is 36.8 Å². The Balaban J connectivity index is 1.30. The Morgan fingerprint density at radius 1 is 0.968 bits per heavy atom. The highest BCUT2D eigenvalue weighted by molar-refractivity contribution is 5.96. The molecule has 0 bridgehead atoms. The number of benzene rings is 2. The molecule has 2 aromatic carbocycles. The van der Waals surface area contributed by atoms with Gasteiger partial charge in [0.25, 0.3) is 5.91 Å². The number of likely N-dealkylation sites (tertiary alicyclic amines) is 1. The number of nitrogens with zero attached hydrogens (tertiary/aromatic N) is 1.